The lowest BCUT2D eigenvalue weighted by molar-refractivity contribution is -0.134. The van der Waals surface area contributed by atoms with E-state index in [-0.39, 0.29) is 30.5 Å². The van der Waals surface area contributed by atoms with Crippen LogP contribution in [0.1, 0.15) is 6.42 Å². The highest BCUT2D eigenvalue weighted by Crippen LogP contribution is 2.35. The van der Waals surface area contributed by atoms with E-state index in [4.69, 9.17) is 21.4 Å². The Bertz CT molecular complexity index is 670. The van der Waals surface area contributed by atoms with Gasteiger partial charge in [0.15, 0.2) is 0 Å². The molecule has 0 spiro atoms. The number of hydrogen-bond donors (Lipinski definition) is 2. The molecule has 1 aliphatic heterocycles. The maximum Gasteiger partial charge on any atom is 0.313 e. The second-order valence-electron chi connectivity index (χ2n) is 5.46. The Labute approximate surface area is 154 Å². The largest absolute Gasteiger partial charge is 0.495 e. The molecular formula is C16H19ClN2O5S. The number of aliphatic carboxylic acids is 1. The van der Waals surface area contributed by atoms with Crippen LogP contribution >= 0.6 is 23.4 Å². The number of amides is 2. The average molecular weight is 387 g/mol. The Morgan fingerprint density at radius 3 is 2.92 bits per heavy atom. The number of anilines is 1. The van der Waals surface area contributed by atoms with Crippen LogP contribution in [-0.4, -0.2) is 54.6 Å². The van der Waals surface area contributed by atoms with Gasteiger partial charge < -0.3 is 20.1 Å². The van der Waals surface area contributed by atoms with Crippen molar-refractivity contribution in [2.24, 2.45) is 5.92 Å². The summed E-state index contributed by atoms with van der Waals surface area (Å²) in [5.41, 5.74) is 0.548. The smallest absolute Gasteiger partial charge is 0.313 e. The van der Waals surface area contributed by atoms with E-state index in [2.05, 4.69) is 5.32 Å². The Hall–Kier alpha value is -1.93. The lowest BCUT2D eigenvalue weighted by atomic mass is 10.1. The zero-order valence-electron chi connectivity index (χ0n) is 13.7. The van der Waals surface area contributed by atoms with Gasteiger partial charge in [-0.15, -0.1) is 11.8 Å². The van der Waals surface area contributed by atoms with Crippen LogP contribution in [0.2, 0.25) is 5.02 Å². The first-order valence-corrected chi connectivity index (χ1v) is 9.16. The molecule has 2 N–H and O–H groups in total. The molecular weight excluding hydrogens is 368 g/mol. The summed E-state index contributed by atoms with van der Waals surface area (Å²) in [7, 11) is 1.51. The van der Waals surface area contributed by atoms with Gasteiger partial charge >= 0.3 is 5.97 Å². The summed E-state index contributed by atoms with van der Waals surface area (Å²) in [6, 6.07) is 4.99. The van der Waals surface area contributed by atoms with Gasteiger partial charge in [-0.1, -0.05) is 11.6 Å². The fourth-order valence-electron chi connectivity index (χ4n) is 2.54. The van der Waals surface area contributed by atoms with Crippen LogP contribution in [0, 0.1) is 5.92 Å². The summed E-state index contributed by atoms with van der Waals surface area (Å²) in [5.74, 6) is -0.702. The second kappa shape index (κ2) is 8.96. The lowest BCUT2D eigenvalue weighted by Crippen LogP contribution is -2.34. The minimum atomic E-state index is -0.885. The number of nitrogens with one attached hydrogen (secondary N) is 1. The molecule has 136 valence electrons. The summed E-state index contributed by atoms with van der Waals surface area (Å²) >= 11 is 7.23. The number of carbonyl (C=O) groups excluding carboxylic acids is 2. The molecule has 0 radical (unpaired) electrons. The van der Waals surface area contributed by atoms with Crippen LogP contribution in [0.25, 0.3) is 0 Å². The van der Waals surface area contributed by atoms with E-state index >= 15 is 0 Å². The van der Waals surface area contributed by atoms with Crippen molar-refractivity contribution >= 4 is 46.8 Å². The van der Waals surface area contributed by atoms with E-state index in [1.54, 1.807) is 18.2 Å². The van der Waals surface area contributed by atoms with Gasteiger partial charge in [0.2, 0.25) is 11.8 Å². The van der Waals surface area contributed by atoms with E-state index in [0.29, 0.717) is 28.8 Å². The predicted molar refractivity (Wildman–Crippen MR) is 96.4 cm³/mol. The third-order valence-corrected chi connectivity index (χ3v) is 4.88. The number of nitrogens with zero attached hydrogens (tertiary/aromatic N) is 1. The molecule has 7 nitrogen and oxygen atoms in total. The van der Waals surface area contributed by atoms with E-state index < -0.39 is 11.9 Å². The second-order valence-corrected chi connectivity index (χ2v) is 7.00. The van der Waals surface area contributed by atoms with Gasteiger partial charge in [-0.2, -0.15) is 0 Å². The number of hydrogen-bond acceptors (Lipinski definition) is 5. The number of carbonyl (C=O) groups is 3. The average Bonchev–Trinajstić information content (AvgIpc) is 2.96. The molecule has 2 rings (SSSR count). The molecule has 1 saturated heterocycles. The van der Waals surface area contributed by atoms with Gasteiger partial charge in [-0.3, -0.25) is 14.4 Å². The zero-order valence-corrected chi connectivity index (χ0v) is 15.2. The quantitative estimate of drug-likeness (QED) is 0.659. The summed E-state index contributed by atoms with van der Waals surface area (Å²) in [6.45, 7) is 0.617. The fourth-order valence-corrected chi connectivity index (χ4v) is 3.27. The highest BCUT2D eigenvalue weighted by atomic mass is 35.5. The van der Waals surface area contributed by atoms with Crippen LogP contribution in [0.15, 0.2) is 18.2 Å². The van der Waals surface area contributed by atoms with Gasteiger partial charge in [0.1, 0.15) is 5.75 Å². The number of halogens is 1. The minimum Gasteiger partial charge on any atom is -0.495 e. The van der Waals surface area contributed by atoms with Crippen LogP contribution in [0.4, 0.5) is 5.69 Å². The molecule has 0 aliphatic carbocycles. The van der Waals surface area contributed by atoms with Crippen molar-refractivity contribution in [3.05, 3.63) is 23.2 Å². The van der Waals surface area contributed by atoms with Crippen molar-refractivity contribution in [3.8, 4) is 5.75 Å². The molecule has 9 heteroatoms. The van der Waals surface area contributed by atoms with Gasteiger partial charge in [0, 0.05) is 30.3 Å². The zero-order chi connectivity index (χ0) is 18.4. The summed E-state index contributed by atoms with van der Waals surface area (Å²) in [4.78, 5) is 36.4. The predicted octanol–water partition coefficient (Wildman–Crippen LogP) is 1.64. The van der Waals surface area contributed by atoms with Crippen LogP contribution < -0.4 is 15.0 Å². The number of rotatable bonds is 8. The molecule has 0 saturated carbocycles. The van der Waals surface area contributed by atoms with Gasteiger partial charge in [0.05, 0.1) is 24.5 Å². The van der Waals surface area contributed by atoms with E-state index in [9.17, 15) is 14.4 Å². The monoisotopic (exact) mass is 386 g/mol. The van der Waals surface area contributed by atoms with E-state index in [1.807, 2.05) is 0 Å². The topological polar surface area (TPSA) is 95.9 Å². The van der Waals surface area contributed by atoms with Crippen LogP contribution in [0.5, 0.6) is 5.75 Å². The van der Waals surface area contributed by atoms with E-state index in [0.717, 1.165) is 0 Å². The Morgan fingerprint density at radius 1 is 1.48 bits per heavy atom. The van der Waals surface area contributed by atoms with Crippen LogP contribution in [-0.2, 0) is 14.4 Å². The Morgan fingerprint density at radius 2 is 2.24 bits per heavy atom. The number of carboxylic acids is 1. The third kappa shape index (κ3) is 5.27. The summed E-state index contributed by atoms with van der Waals surface area (Å²) < 4.78 is 5.26. The molecule has 1 aromatic rings. The Balaban J connectivity index is 1.92. The van der Waals surface area contributed by atoms with Crippen molar-refractivity contribution in [2.75, 3.05) is 36.6 Å². The molecule has 1 fully saturated rings. The molecule has 1 atom stereocenters. The van der Waals surface area contributed by atoms with Crippen molar-refractivity contribution in [1.29, 1.82) is 0 Å². The first-order chi connectivity index (χ1) is 11.9. The fraction of sp³-hybridized carbons (Fsp3) is 0.438. The number of benzene rings is 1. The molecule has 1 aromatic carbocycles. The SMILES string of the molecule is COc1ccc(Cl)cc1N1CC(C(=O)NCCSCC(=O)O)CC1=O. The number of carboxylic acid groups (broad SMARTS) is 1. The van der Waals surface area contributed by atoms with Crippen LogP contribution in [0.3, 0.4) is 0 Å². The van der Waals surface area contributed by atoms with Gasteiger partial charge in [0.25, 0.3) is 0 Å². The molecule has 2 amide bonds. The number of methoxy groups -OCH3 is 1. The van der Waals surface area contributed by atoms with Gasteiger partial charge in [-0.25, -0.2) is 0 Å². The number of thioether (sulfide) groups is 1. The summed E-state index contributed by atoms with van der Waals surface area (Å²) in [6.07, 6.45) is 0.115. The highest BCUT2D eigenvalue weighted by molar-refractivity contribution is 7.99. The Kier molecular flexibility index (Phi) is 6.95. The van der Waals surface area contributed by atoms with Crippen molar-refractivity contribution in [2.45, 2.75) is 6.42 Å². The van der Waals surface area contributed by atoms with E-state index in [1.165, 1.54) is 23.8 Å². The molecule has 0 aromatic heterocycles. The molecule has 1 aliphatic rings. The normalized spacial score (nSPS) is 16.8. The highest BCUT2D eigenvalue weighted by Gasteiger charge is 2.36. The van der Waals surface area contributed by atoms with Crippen molar-refractivity contribution in [3.63, 3.8) is 0 Å². The van der Waals surface area contributed by atoms with Crippen molar-refractivity contribution in [1.82, 2.24) is 5.32 Å². The maximum absolute atomic E-state index is 12.3. The first-order valence-electron chi connectivity index (χ1n) is 7.63. The molecule has 1 heterocycles. The third-order valence-electron chi connectivity index (χ3n) is 3.70. The standard InChI is InChI=1S/C16H19ClN2O5S/c1-24-13-3-2-11(17)7-12(13)19-8-10(6-14(19)20)16(23)18-4-5-25-9-15(21)22/h2-3,7,10H,4-6,8-9H2,1H3,(H,18,23)(H,21,22). The minimum absolute atomic E-state index is 0.000123. The van der Waals surface area contributed by atoms with Crippen molar-refractivity contribution < 1.29 is 24.2 Å². The summed E-state index contributed by atoms with van der Waals surface area (Å²) in [5, 5.41) is 11.8. The molecule has 1 unspecified atom stereocenters. The molecule has 25 heavy (non-hydrogen) atoms. The maximum atomic E-state index is 12.3. The lowest BCUT2D eigenvalue weighted by Gasteiger charge is -2.19. The number of ether oxygens (including phenoxy) is 1. The van der Waals surface area contributed by atoms with Gasteiger partial charge in [-0.05, 0) is 18.2 Å². The first kappa shape index (κ1) is 19.4. The molecule has 0 bridgehead atoms.